The van der Waals surface area contributed by atoms with Crippen molar-refractivity contribution < 1.29 is 24.3 Å². The van der Waals surface area contributed by atoms with Crippen molar-refractivity contribution in [2.75, 3.05) is 0 Å². The first-order valence-corrected chi connectivity index (χ1v) is 7.28. The van der Waals surface area contributed by atoms with Crippen LogP contribution in [0.15, 0.2) is 54.6 Å². The Bertz CT molecular complexity index is 808. The van der Waals surface area contributed by atoms with E-state index in [9.17, 15) is 24.3 Å². The van der Waals surface area contributed by atoms with Gasteiger partial charge < -0.3 is 5.11 Å². The lowest BCUT2D eigenvalue weighted by atomic mass is 10.0. The third kappa shape index (κ3) is 2.58. The highest BCUT2D eigenvalue weighted by Crippen LogP contribution is 2.26. The zero-order valence-corrected chi connectivity index (χ0v) is 12.5. The molecule has 0 saturated heterocycles. The maximum Gasteiger partial charge on any atom is 0.327 e. The molecule has 120 valence electrons. The molecule has 1 heterocycles. The first-order valence-electron chi connectivity index (χ1n) is 7.28. The number of aliphatic carboxylic acids is 1. The molecule has 6 heteroatoms. The number of rotatable bonds is 5. The number of carbonyl (C=O) groups excluding carboxylic acids is 3. The van der Waals surface area contributed by atoms with Crippen molar-refractivity contribution in [1.82, 2.24) is 4.90 Å². The fraction of sp³-hybridized carbons (Fsp3) is 0.111. The van der Waals surface area contributed by atoms with E-state index in [-0.39, 0.29) is 11.1 Å². The van der Waals surface area contributed by atoms with Gasteiger partial charge >= 0.3 is 5.97 Å². The molecule has 0 saturated carbocycles. The number of carbonyl (C=O) groups is 4. The molecule has 0 aromatic heterocycles. The van der Waals surface area contributed by atoms with Crippen LogP contribution in [0.4, 0.5) is 0 Å². The maximum absolute atomic E-state index is 12.4. The summed E-state index contributed by atoms with van der Waals surface area (Å²) in [5, 5.41) is 9.45. The molecule has 1 atom stereocenters. The number of nitrogens with zero attached hydrogens (tertiary/aromatic N) is 1. The minimum atomic E-state index is -1.54. The van der Waals surface area contributed by atoms with Crippen LogP contribution in [0.25, 0.3) is 0 Å². The highest BCUT2D eigenvalue weighted by molar-refractivity contribution is 6.23. The quantitative estimate of drug-likeness (QED) is 0.671. The van der Waals surface area contributed by atoms with Gasteiger partial charge in [0.25, 0.3) is 11.8 Å². The summed E-state index contributed by atoms with van der Waals surface area (Å²) < 4.78 is 0. The number of imide groups is 1. The van der Waals surface area contributed by atoms with Crippen molar-refractivity contribution in [2.24, 2.45) is 0 Å². The summed E-state index contributed by atoms with van der Waals surface area (Å²) >= 11 is 0. The lowest BCUT2D eigenvalue weighted by molar-refractivity contribution is -0.141. The monoisotopic (exact) mass is 323 g/mol. The van der Waals surface area contributed by atoms with Gasteiger partial charge in [-0.1, -0.05) is 42.5 Å². The second-order valence-corrected chi connectivity index (χ2v) is 5.37. The van der Waals surface area contributed by atoms with Crippen molar-refractivity contribution in [2.45, 2.75) is 12.5 Å². The lowest BCUT2D eigenvalue weighted by Crippen LogP contribution is -2.46. The minimum absolute atomic E-state index is 0.154. The van der Waals surface area contributed by atoms with E-state index in [0.29, 0.717) is 10.5 Å². The van der Waals surface area contributed by atoms with Gasteiger partial charge in [-0.25, -0.2) is 4.79 Å². The van der Waals surface area contributed by atoms with Gasteiger partial charge in [-0.05, 0) is 12.1 Å². The number of Topliss-reactive ketones (excluding diaryl/α,β-unsaturated/α-hetero) is 1. The van der Waals surface area contributed by atoms with Crippen LogP contribution in [0.1, 0.15) is 37.5 Å². The van der Waals surface area contributed by atoms with Crippen molar-refractivity contribution in [3.05, 3.63) is 71.3 Å². The number of amides is 2. The molecule has 24 heavy (non-hydrogen) atoms. The number of benzene rings is 2. The Hall–Kier alpha value is -3.28. The van der Waals surface area contributed by atoms with E-state index >= 15 is 0 Å². The minimum Gasteiger partial charge on any atom is -0.480 e. The average Bonchev–Trinajstić information content (AvgIpc) is 2.85. The van der Waals surface area contributed by atoms with Crippen LogP contribution in [-0.4, -0.2) is 39.6 Å². The number of ketones is 1. The Balaban J connectivity index is 1.90. The summed E-state index contributed by atoms with van der Waals surface area (Å²) in [5.74, 6) is -3.22. The third-order valence-electron chi connectivity index (χ3n) is 3.90. The molecule has 0 spiro atoms. The Kier molecular flexibility index (Phi) is 3.95. The van der Waals surface area contributed by atoms with Gasteiger partial charge in [-0.2, -0.15) is 0 Å². The zero-order chi connectivity index (χ0) is 17.3. The van der Waals surface area contributed by atoms with Gasteiger partial charge in [0.15, 0.2) is 5.78 Å². The van der Waals surface area contributed by atoms with Gasteiger partial charge in [-0.3, -0.25) is 19.3 Å². The van der Waals surface area contributed by atoms with Crippen LogP contribution in [0.3, 0.4) is 0 Å². The molecule has 6 nitrogen and oxygen atoms in total. The fourth-order valence-electron chi connectivity index (χ4n) is 2.70. The van der Waals surface area contributed by atoms with Gasteiger partial charge in [-0.15, -0.1) is 0 Å². The lowest BCUT2D eigenvalue weighted by Gasteiger charge is -2.21. The molecule has 0 fully saturated rings. The van der Waals surface area contributed by atoms with Crippen molar-refractivity contribution in [3.63, 3.8) is 0 Å². The van der Waals surface area contributed by atoms with E-state index < -0.39 is 36.0 Å². The molecule has 0 bridgehead atoms. The first-order chi connectivity index (χ1) is 11.5. The van der Waals surface area contributed by atoms with E-state index in [1.807, 2.05) is 0 Å². The maximum atomic E-state index is 12.4. The van der Waals surface area contributed by atoms with Crippen molar-refractivity contribution >= 4 is 23.6 Å². The Morgan fingerprint density at radius 3 is 1.88 bits per heavy atom. The van der Waals surface area contributed by atoms with Crippen LogP contribution < -0.4 is 0 Å². The highest BCUT2D eigenvalue weighted by Gasteiger charge is 2.43. The molecule has 1 aliphatic rings. The molecular weight excluding hydrogens is 310 g/mol. The van der Waals surface area contributed by atoms with Gasteiger partial charge in [0.05, 0.1) is 11.1 Å². The molecule has 3 rings (SSSR count). The van der Waals surface area contributed by atoms with Crippen LogP contribution >= 0.6 is 0 Å². The van der Waals surface area contributed by atoms with Crippen LogP contribution in [0, 0.1) is 0 Å². The summed E-state index contributed by atoms with van der Waals surface area (Å²) in [5.41, 5.74) is 0.641. The molecule has 2 aromatic carbocycles. The molecule has 1 N–H and O–H groups in total. The molecule has 2 aromatic rings. The molecule has 0 unspecified atom stereocenters. The van der Waals surface area contributed by atoms with E-state index in [2.05, 4.69) is 0 Å². The fourth-order valence-corrected chi connectivity index (χ4v) is 2.70. The topological polar surface area (TPSA) is 91.8 Å². The third-order valence-corrected chi connectivity index (χ3v) is 3.90. The summed E-state index contributed by atoms with van der Waals surface area (Å²) in [7, 11) is 0. The molecule has 1 aliphatic heterocycles. The summed E-state index contributed by atoms with van der Waals surface area (Å²) in [6, 6.07) is 12.8. The van der Waals surface area contributed by atoms with Crippen LogP contribution in [-0.2, 0) is 4.79 Å². The number of carboxylic acid groups (broad SMARTS) is 1. The summed E-state index contributed by atoms with van der Waals surface area (Å²) in [6.07, 6.45) is -0.467. The number of hydrogen-bond donors (Lipinski definition) is 1. The predicted octanol–water partition coefficient (Wildman–Crippen LogP) is 2.01. The van der Waals surface area contributed by atoms with E-state index in [4.69, 9.17) is 0 Å². The molecule has 2 amide bonds. The number of carboxylic acids is 1. The van der Waals surface area contributed by atoms with Crippen molar-refractivity contribution in [3.8, 4) is 0 Å². The average molecular weight is 323 g/mol. The number of hydrogen-bond acceptors (Lipinski definition) is 4. The second-order valence-electron chi connectivity index (χ2n) is 5.37. The molecule has 0 aliphatic carbocycles. The first kappa shape index (κ1) is 15.6. The van der Waals surface area contributed by atoms with Gasteiger partial charge in [0.1, 0.15) is 6.04 Å². The normalized spacial score (nSPS) is 14.4. The van der Waals surface area contributed by atoms with Gasteiger partial charge in [0.2, 0.25) is 0 Å². The Morgan fingerprint density at radius 1 is 0.875 bits per heavy atom. The highest BCUT2D eigenvalue weighted by atomic mass is 16.4. The summed E-state index contributed by atoms with van der Waals surface area (Å²) in [6.45, 7) is 0. The zero-order valence-electron chi connectivity index (χ0n) is 12.5. The van der Waals surface area contributed by atoms with E-state index in [1.165, 1.54) is 12.1 Å². The SMILES string of the molecule is O=C(C[C@@H](C(=O)O)N1C(=O)c2ccccc2C1=O)c1ccccc1. The smallest absolute Gasteiger partial charge is 0.327 e. The number of fused-ring (bicyclic) bond motifs is 1. The predicted molar refractivity (Wildman–Crippen MR) is 83.8 cm³/mol. The Labute approximate surface area is 137 Å². The van der Waals surface area contributed by atoms with Crippen molar-refractivity contribution in [1.29, 1.82) is 0 Å². The van der Waals surface area contributed by atoms with Crippen LogP contribution in [0.5, 0.6) is 0 Å². The molecular formula is C18H13NO5. The van der Waals surface area contributed by atoms with E-state index in [1.54, 1.807) is 42.5 Å². The standard InChI is InChI=1S/C18H13NO5/c20-15(11-6-2-1-3-7-11)10-14(18(23)24)19-16(21)12-8-4-5-9-13(12)17(19)22/h1-9,14H,10H2,(H,23,24)/t14-/m0/s1. The molecule has 0 radical (unpaired) electrons. The summed E-state index contributed by atoms with van der Waals surface area (Å²) in [4.78, 5) is 49.4. The van der Waals surface area contributed by atoms with Gasteiger partial charge in [0, 0.05) is 12.0 Å². The van der Waals surface area contributed by atoms with E-state index in [0.717, 1.165) is 0 Å². The second kappa shape index (κ2) is 6.08. The largest absolute Gasteiger partial charge is 0.480 e. The van der Waals surface area contributed by atoms with Crippen LogP contribution in [0.2, 0.25) is 0 Å². The Morgan fingerprint density at radius 2 is 1.38 bits per heavy atom.